The van der Waals surface area contributed by atoms with Crippen LogP contribution in [0.4, 0.5) is 22.7 Å². The summed E-state index contributed by atoms with van der Waals surface area (Å²) in [5, 5.41) is 0. The average Bonchev–Trinajstić information content (AvgIpc) is 2.98. The minimum absolute atomic E-state index is 0.611. The molecular weight excluding hydrogens is 356 g/mol. The van der Waals surface area contributed by atoms with Crippen LogP contribution in [0.3, 0.4) is 0 Å². The van der Waals surface area contributed by atoms with Gasteiger partial charge in [-0.15, -0.1) is 0 Å². The molecule has 0 bridgehead atoms. The topological polar surface area (TPSA) is 104 Å². The fourth-order valence-corrected chi connectivity index (χ4v) is 4.81. The molecule has 4 aromatic carbocycles. The van der Waals surface area contributed by atoms with E-state index in [1.54, 1.807) is 12.1 Å². The molecule has 4 aromatic rings. The number of benzene rings is 4. The Labute approximate surface area is 169 Å². The van der Waals surface area contributed by atoms with Crippen LogP contribution in [0.25, 0.3) is 11.1 Å². The van der Waals surface area contributed by atoms with Crippen molar-refractivity contribution in [3.63, 3.8) is 0 Å². The Balaban J connectivity index is 2.00. The molecule has 0 spiro atoms. The van der Waals surface area contributed by atoms with Crippen molar-refractivity contribution in [2.45, 2.75) is 5.41 Å². The molecular formula is C25H22N4. The monoisotopic (exact) mass is 378 g/mol. The Morgan fingerprint density at radius 1 is 0.448 bits per heavy atom. The lowest BCUT2D eigenvalue weighted by atomic mass is 9.67. The minimum atomic E-state index is -0.611. The summed E-state index contributed by atoms with van der Waals surface area (Å²) in [6.45, 7) is 0. The molecule has 0 heterocycles. The van der Waals surface area contributed by atoms with E-state index in [1.165, 1.54) is 11.1 Å². The lowest BCUT2D eigenvalue weighted by Crippen LogP contribution is -2.29. The molecule has 0 fully saturated rings. The molecule has 0 saturated heterocycles. The molecule has 0 atom stereocenters. The average molecular weight is 378 g/mol. The van der Waals surface area contributed by atoms with Gasteiger partial charge in [0, 0.05) is 22.7 Å². The molecule has 0 saturated carbocycles. The van der Waals surface area contributed by atoms with Gasteiger partial charge in [0.2, 0.25) is 0 Å². The predicted octanol–water partition coefficient (Wildman–Crippen LogP) is 4.38. The molecule has 0 amide bonds. The van der Waals surface area contributed by atoms with Gasteiger partial charge in [-0.3, -0.25) is 0 Å². The van der Waals surface area contributed by atoms with Crippen LogP contribution in [0.15, 0.2) is 84.9 Å². The van der Waals surface area contributed by atoms with Gasteiger partial charge >= 0.3 is 0 Å². The van der Waals surface area contributed by atoms with Crippen LogP contribution >= 0.6 is 0 Å². The van der Waals surface area contributed by atoms with Crippen molar-refractivity contribution < 1.29 is 0 Å². The summed E-state index contributed by atoms with van der Waals surface area (Å²) >= 11 is 0. The Morgan fingerprint density at radius 2 is 0.793 bits per heavy atom. The summed E-state index contributed by atoms with van der Waals surface area (Å²) in [6.07, 6.45) is 0. The van der Waals surface area contributed by atoms with Crippen molar-refractivity contribution in [3.8, 4) is 11.1 Å². The smallest absolute Gasteiger partial charge is 0.0716 e. The van der Waals surface area contributed by atoms with Crippen LogP contribution in [-0.4, -0.2) is 0 Å². The van der Waals surface area contributed by atoms with E-state index in [-0.39, 0.29) is 0 Å². The zero-order chi connectivity index (χ0) is 20.2. The van der Waals surface area contributed by atoms with Crippen LogP contribution in [0.2, 0.25) is 0 Å². The standard InChI is InChI=1S/C25H22N4/c26-17-9-15(10-18(27)13-17)25(16-11-19(28)14-20(29)12-16)23-7-3-1-5-21(23)22-6-2-4-8-24(22)25/h1-14H,26-29H2. The van der Waals surface area contributed by atoms with Crippen molar-refractivity contribution in [3.05, 3.63) is 107 Å². The number of rotatable bonds is 2. The van der Waals surface area contributed by atoms with Gasteiger partial charge in [-0.1, -0.05) is 48.5 Å². The summed E-state index contributed by atoms with van der Waals surface area (Å²) in [7, 11) is 0. The van der Waals surface area contributed by atoms with Gasteiger partial charge in [0.15, 0.2) is 0 Å². The zero-order valence-corrected chi connectivity index (χ0v) is 15.9. The van der Waals surface area contributed by atoms with E-state index in [0.717, 1.165) is 22.3 Å². The summed E-state index contributed by atoms with van der Waals surface area (Å²) in [4.78, 5) is 0. The summed E-state index contributed by atoms with van der Waals surface area (Å²) in [5.41, 5.74) is 33.5. The molecule has 0 aliphatic heterocycles. The van der Waals surface area contributed by atoms with E-state index < -0.39 is 5.41 Å². The number of hydrogen-bond donors (Lipinski definition) is 4. The van der Waals surface area contributed by atoms with Crippen LogP contribution in [0.1, 0.15) is 22.3 Å². The van der Waals surface area contributed by atoms with Gasteiger partial charge in [-0.2, -0.15) is 0 Å². The van der Waals surface area contributed by atoms with Gasteiger partial charge in [0.1, 0.15) is 0 Å². The Kier molecular flexibility index (Phi) is 3.58. The van der Waals surface area contributed by atoms with Crippen LogP contribution in [0, 0.1) is 0 Å². The highest BCUT2D eigenvalue weighted by Gasteiger charge is 2.46. The second kappa shape index (κ2) is 6.04. The summed E-state index contributed by atoms with van der Waals surface area (Å²) < 4.78 is 0. The highest BCUT2D eigenvalue weighted by Crippen LogP contribution is 2.56. The minimum Gasteiger partial charge on any atom is -0.399 e. The second-order valence-corrected chi connectivity index (χ2v) is 7.62. The zero-order valence-electron chi connectivity index (χ0n) is 15.9. The van der Waals surface area contributed by atoms with Gasteiger partial charge in [0.05, 0.1) is 5.41 Å². The van der Waals surface area contributed by atoms with E-state index in [1.807, 2.05) is 24.3 Å². The second-order valence-electron chi connectivity index (χ2n) is 7.62. The normalized spacial score (nSPS) is 13.7. The number of anilines is 4. The highest BCUT2D eigenvalue weighted by molar-refractivity contribution is 5.87. The summed E-state index contributed by atoms with van der Waals surface area (Å²) in [5.74, 6) is 0. The molecule has 1 aliphatic carbocycles. The Morgan fingerprint density at radius 3 is 1.17 bits per heavy atom. The van der Waals surface area contributed by atoms with Gasteiger partial charge in [0.25, 0.3) is 0 Å². The molecule has 0 unspecified atom stereocenters. The molecule has 0 radical (unpaired) electrons. The quantitative estimate of drug-likeness (QED) is 0.342. The van der Waals surface area contributed by atoms with Gasteiger partial charge in [-0.05, 0) is 69.8 Å². The predicted molar refractivity (Wildman–Crippen MR) is 121 cm³/mol. The van der Waals surface area contributed by atoms with Crippen molar-refractivity contribution >= 4 is 22.7 Å². The first kappa shape index (κ1) is 17.2. The van der Waals surface area contributed by atoms with E-state index in [4.69, 9.17) is 22.9 Å². The maximum Gasteiger partial charge on any atom is 0.0716 e. The lowest BCUT2D eigenvalue weighted by molar-refractivity contribution is 0.770. The number of nitrogens with two attached hydrogens (primary N) is 4. The third-order valence-corrected chi connectivity index (χ3v) is 5.77. The lowest BCUT2D eigenvalue weighted by Gasteiger charge is -2.34. The molecule has 0 aromatic heterocycles. The Bertz CT molecular complexity index is 1120. The molecule has 8 N–H and O–H groups in total. The van der Waals surface area contributed by atoms with Gasteiger partial charge < -0.3 is 22.9 Å². The fraction of sp³-hybridized carbons (Fsp3) is 0.0400. The van der Waals surface area contributed by atoms with Crippen molar-refractivity contribution in [2.24, 2.45) is 0 Å². The van der Waals surface area contributed by atoms with Crippen molar-refractivity contribution in [2.75, 3.05) is 22.9 Å². The molecule has 4 heteroatoms. The largest absolute Gasteiger partial charge is 0.399 e. The first-order valence-corrected chi connectivity index (χ1v) is 9.52. The van der Waals surface area contributed by atoms with Crippen LogP contribution in [-0.2, 0) is 5.41 Å². The first-order chi connectivity index (χ1) is 14.0. The molecule has 4 nitrogen and oxygen atoms in total. The van der Waals surface area contributed by atoms with E-state index in [9.17, 15) is 0 Å². The summed E-state index contributed by atoms with van der Waals surface area (Å²) in [6, 6.07) is 28.4. The van der Waals surface area contributed by atoms with Crippen molar-refractivity contribution in [1.82, 2.24) is 0 Å². The molecule has 1 aliphatic rings. The maximum absolute atomic E-state index is 6.23. The van der Waals surface area contributed by atoms with E-state index in [0.29, 0.717) is 22.7 Å². The molecule has 29 heavy (non-hydrogen) atoms. The maximum atomic E-state index is 6.23. The highest BCUT2D eigenvalue weighted by atomic mass is 14.6. The van der Waals surface area contributed by atoms with Crippen LogP contribution < -0.4 is 22.9 Å². The number of hydrogen-bond acceptors (Lipinski definition) is 4. The third kappa shape index (κ3) is 2.39. The van der Waals surface area contributed by atoms with E-state index >= 15 is 0 Å². The van der Waals surface area contributed by atoms with Gasteiger partial charge in [-0.25, -0.2) is 0 Å². The SMILES string of the molecule is Nc1cc(N)cc(C2(c3cc(N)cc(N)c3)c3ccccc3-c3ccccc32)c1. The first-order valence-electron chi connectivity index (χ1n) is 9.52. The molecule has 142 valence electrons. The van der Waals surface area contributed by atoms with E-state index in [2.05, 4.69) is 48.5 Å². The number of fused-ring (bicyclic) bond motifs is 3. The number of nitrogen functional groups attached to an aromatic ring is 4. The third-order valence-electron chi connectivity index (χ3n) is 5.77. The molecule has 5 rings (SSSR count). The fourth-order valence-electron chi connectivity index (χ4n) is 4.81. The van der Waals surface area contributed by atoms with Crippen LogP contribution in [0.5, 0.6) is 0 Å². The van der Waals surface area contributed by atoms with Crippen molar-refractivity contribution in [1.29, 1.82) is 0 Å². The Hall–Kier alpha value is -3.92.